The Kier molecular flexibility index (Phi) is 24.1. The number of hydrogen-bond donors (Lipinski definition) is 1. The van der Waals surface area contributed by atoms with Crippen molar-refractivity contribution in [3.63, 3.8) is 0 Å². The average molecular weight is 1040 g/mol. The van der Waals surface area contributed by atoms with Crippen molar-refractivity contribution in [1.82, 2.24) is 19.6 Å². The number of β-amino-alcohol motifs (C(OH)–C–C–N with tert-alkyl or cyclic N) is 1. The van der Waals surface area contributed by atoms with Crippen LogP contribution in [0.5, 0.6) is 0 Å². The number of likely N-dealkylation sites (N-methyl/N-ethyl adjacent to an activating group) is 3. The number of hydrogen-bond acceptors (Lipinski definition) is 17. The van der Waals surface area contributed by atoms with Gasteiger partial charge in [-0.05, 0) is 144 Å². The number of esters is 3. The predicted octanol–water partition coefficient (Wildman–Crippen LogP) is 5.40. The first kappa shape index (κ1) is 59.7. The molecule has 7 fully saturated rings. The topological polar surface area (TPSA) is 183 Å². The molecular formula is C50H87F3N4O13S. The molecule has 0 aromatic rings. The Morgan fingerprint density at radius 2 is 0.901 bits per heavy atom. The van der Waals surface area contributed by atoms with E-state index >= 15 is 0 Å². The number of aliphatic hydroxyl groups is 1. The lowest BCUT2D eigenvalue weighted by Gasteiger charge is -2.41. The van der Waals surface area contributed by atoms with Gasteiger partial charge in [0.15, 0.2) is 0 Å². The van der Waals surface area contributed by atoms with Crippen LogP contribution >= 0.6 is 0 Å². The van der Waals surface area contributed by atoms with Crippen molar-refractivity contribution in [2.24, 2.45) is 23.7 Å². The lowest BCUT2D eigenvalue weighted by molar-refractivity contribution is -0.151. The summed E-state index contributed by atoms with van der Waals surface area (Å²) < 4.78 is 97.1. The Morgan fingerprint density at radius 3 is 1.25 bits per heavy atom. The number of carbonyl (C=O) groups excluding carboxylic acids is 3. The average Bonchev–Trinajstić information content (AvgIpc) is 3.98. The van der Waals surface area contributed by atoms with Crippen LogP contribution in [0.1, 0.15) is 124 Å². The molecule has 21 heteroatoms. The van der Waals surface area contributed by atoms with Gasteiger partial charge in [0.2, 0.25) is 0 Å². The van der Waals surface area contributed by atoms with E-state index in [0.717, 1.165) is 82.9 Å². The summed E-state index contributed by atoms with van der Waals surface area (Å²) in [4.78, 5) is 44.2. The SMILES string of the molecule is CCOC(=O)C1CCC(OC[C@@H]2C[C@@H](O)CN2C)CC1.CCOC(=O)C1CCC(OC[C@@H]2C[C@@H](OS(=O)(=O)C(F)(F)F)CN2C)CC1.CCOC(=O)C1CCC(OC[C@@H]2C[C@H](N3CC(C)C3)CN2C)CC1. The van der Waals surface area contributed by atoms with Crippen LogP contribution in [0.3, 0.4) is 0 Å². The second-order valence-corrected chi connectivity index (χ2v) is 22.7. The maximum atomic E-state index is 12.4. The molecule has 71 heavy (non-hydrogen) atoms. The van der Waals surface area contributed by atoms with Crippen molar-refractivity contribution < 1.29 is 73.7 Å². The molecule has 17 nitrogen and oxygen atoms in total. The molecular weight excluding hydrogens is 954 g/mol. The van der Waals surface area contributed by atoms with Crippen molar-refractivity contribution >= 4 is 28.0 Å². The zero-order valence-corrected chi connectivity index (χ0v) is 44.4. The van der Waals surface area contributed by atoms with Gasteiger partial charge in [-0.3, -0.25) is 38.2 Å². The maximum absolute atomic E-state index is 12.4. The summed E-state index contributed by atoms with van der Waals surface area (Å²) in [5.74, 6) is 0.673. The van der Waals surface area contributed by atoms with E-state index in [0.29, 0.717) is 70.3 Å². The molecule has 412 valence electrons. The fourth-order valence-electron chi connectivity index (χ4n) is 11.2. The number of nitrogens with zero attached hydrogens (tertiary/aromatic N) is 4. The summed E-state index contributed by atoms with van der Waals surface area (Å²) in [5, 5.41) is 9.60. The van der Waals surface area contributed by atoms with Gasteiger partial charge in [0.1, 0.15) is 0 Å². The van der Waals surface area contributed by atoms with E-state index < -0.39 is 21.7 Å². The van der Waals surface area contributed by atoms with E-state index in [2.05, 4.69) is 32.9 Å². The normalized spacial score (nSPS) is 33.6. The molecule has 1 N–H and O–H groups in total. The highest BCUT2D eigenvalue weighted by Gasteiger charge is 2.50. The van der Waals surface area contributed by atoms with Gasteiger partial charge in [0, 0.05) is 56.9 Å². The Bertz CT molecular complexity index is 1720. The molecule has 3 saturated carbocycles. The molecule has 0 spiro atoms. The number of ether oxygens (including phenoxy) is 6. The van der Waals surface area contributed by atoms with Crippen LogP contribution in [0.4, 0.5) is 13.2 Å². The van der Waals surface area contributed by atoms with Crippen molar-refractivity contribution in [3.05, 3.63) is 0 Å². The highest BCUT2D eigenvalue weighted by atomic mass is 32.2. The molecule has 7 aliphatic rings. The highest BCUT2D eigenvalue weighted by molar-refractivity contribution is 7.87. The standard InChI is InChI=1S/C19H34N2O3.C16H26F3NO6S.C15H27NO4/c1-4-23-19(22)15-5-7-18(8-6-15)24-13-17-9-16(12-20(17)3)21-10-14(2)11-21;1-3-24-15(21)11-4-6-13(7-5-11)25-10-12-8-14(9-20(12)2)26-27(22,23)16(17,18)19;1-3-19-15(18)11-4-6-14(7-5-11)20-10-12-8-13(17)9-16(12)2/h14-18H,4-13H2,1-3H3;11-14H,3-10H2,1-2H3;11-14,17H,3-10H2,1-2H3/t15?,16-,17-,18?;11?,12-,13?,14+;11?,12-,13+,14?/m000/s1. The summed E-state index contributed by atoms with van der Waals surface area (Å²) >= 11 is 0. The Labute approximate surface area is 421 Å². The molecule has 0 unspecified atom stereocenters. The molecule has 6 atom stereocenters. The summed E-state index contributed by atoms with van der Waals surface area (Å²) in [5.41, 5.74) is -5.42. The Hall–Kier alpha value is -2.21. The molecule has 0 radical (unpaired) electrons. The summed E-state index contributed by atoms with van der Waals surface area (Å²) in [6, 6.07) is 1.38. The summed E-state index contributed by atoms with van der Waals surface area (Å²) in [6.45, 7) is 15.5. The van der Waals surface area contributed by atoms with Gasteiger partial charge in [-0.1, -0.05) is 6.92 Å². The van der Waals surface area contributed by atoms with Gasteiger partial charge >= 0.3 is 33.5 Å². The molecule has 0 amide bonds. The minimum atomic E-state index is -5.59. The van der Waals surface area contributed by atoms with Crippen LogP contribution in [0.25, 0.3) is 0 Å². The van der Waals surface area contributed by atoms with Crippen molar-refractivity contribution in [1.29, 1.82) is 0 Å². The zero-order valence-electron chi connectivity index (χ0n) is 43.6. The smallest absolute Gasteiger partial charge is 0.466 e. The van der Waals surface area contributed by atoms with Gasteiger partial charge in [-0.2, -0.15) is 21.6 Å². The van der Waals surface area contributed by atoms with E-state index in [1.165, 1.54) is 26.1 Å². The van der Waals surface area contributed by atoms with Crippen LogP contribution in [0.2, 0.25) is 0 Å². The third kappa shape index (κ3) is 18.5. The zero-order chi connectivity index (χ0) is 51.9. The predicted molar refractivity (Wildman–Crippen MR) is 258 cm³/mol. The number of carbonyl (C=O) groups is 3. The third-order valence-electron chi connectivity index (χ3n) is 15.6. The van der Waals surface area contributed by atoms with Crippen LogP contribution in [-0.2, 0) is 57.1 Å². The van der Waals surface area contributed by atoms with Crippen LogP contribution < -0.4 is 0 Å². The Morgan fingerprint density at radius 1 is 0.535 bits per heavy atom. The molecule has 3 aliphatic carbocycles. The molecule has 7 rings (SSSR count). The molecule has 0 aromatic carbocycles. The number of alkyl halides is 3. The second-order valence-electron chi connectivity index (χ2n) is 21.1. The number of rotatable bonds is 18. The van der Waals surface area contributed by atoms with Crippen molar-refractivity contribution in [3.8, 4) is 0 Å². The molecule has 0 bridgehead atoms. The van der Waals surface area contributed by atoms with Crippen LogP contribution in [0, 0.1) is 23.7 Å². The van der Waals surface area contributed by atoms with Crippen LogP contribution in [-0.4, -0.2) is 205 Å². The van der Waals surface area contributed by atoms with E-state index in [-0.39, 0.29) is 79.6 Å². The lowest BCUT2D eigenvalue weighted by atomic mass is 9.87. The number of likely N-dealkylation sites (tertiary alicyclic amines) is 4. The number of halogens is 3. The molecule has 4 aliphatic heterocycles. The largest absolute Gasteiger partial charge is 0.523 e. The Balaban J connectivity index is 0.000000200. The minimum Gasteiger partial charge on any atom is -0.466 e. The second kappa shape index (κ2) is 28.6. The summed E-state index contributed by atoms with van der Waals surface area (Å²) in [7, 11) is 0.357. The van der Waals surface area contributed by atoms with Gasteiger partial charge < -0.3 is 33.5 Å². The first-order valence-electron chi connectivity index (χ1n) is 26.6. The first-order chi connectivity index (χ1) is 33.7. The molecule has 4 heterocycles. The van der Waals surface area contributed by atoms with E-state index in [9.17, 15) is 41.1 Å². The fourth-order valence-corrected chi connectivity index (χ4v) is 11.9. The van der Waals surface area contributed by atoms with Gasteiger partial charge in [0.25, 0.3) is 0 Å². The monoisotopic (exact) mass is 1040 g/mol. The van der Waals surface area contributed by atoms with Gasteiger partial charge in [0.05, 0.1) is 87.9 Å². The molecule has 4 saturated heterocycles. The van der Waals surface area contributed by atoms with Crippen LogP contribution in [0.15, 0.2) is 0 Å². The first-order valence-corrected chi connectivity index (χ1v) is 28.0. The lowest BCUT2D eigenvalue weighted by Crippen LogP contribution is -2.51. The van der Waals surface area contributed by atoms with Crippen molar-refractivity contribution in [2.45, 2.75) is 184 Å². The van der Waals surface area contributed by atoms with E-state index in [1.807, 2.05) is 20.9 Å². The minimum absolute atomic E-state index is 0.0157. The third-order valence-corrected chi connectivity index (χ3v) is 16.7. The van der Waals surface area contributed by atoms with E-state index in [4.69, 9.17) is 28.4 Å². The van der Waals surface area contributed by atoms with Crippen molar-refractivity contribution in [2.75, 3.05) is 93.5 Å². The van der Waals surface area contributed by atoms with E-state index in [1.54, 1.807) is 18.9 Å². The maximum Gasteiger partial charge on any atom is 0.523 e. The quantitative estimate of drug-likeness (QED) is 0.0796. The van der Waals surface area contributed by atoms with Gasteiger partial charge in [-0.25, -0.2) is 0 Å². The molecule has 0 aromatic heterocycles. The fraction of sp³-hybridized carbons (Fsp3) is 0.940. The van der Waals surface area contributed by atoms with Gasteiger partial charge in [-0.15, -0.1) is 0 Å². The summed E-state index contributed by atoms with van der Waals surface area (Å²) in [6.07, 6.45) is 11.7. The highest BCUT2D eigenvalue weighted by Crippen LogP contribution is 2.33. The number of aliphatic hydroxyl groups excluding tert-OH is 1.